The predicted molar refractivity (Wildman–Crippen MR) is 151 cm³/mol. The van der Waals surface area contributed by atoms with Crippen LogP contribution in [0.4, 0.5) is 0 Å². The van der Waals surface area contributed by atoms with Gasteiger partial charge in [0.1, 0.15) is 0 Å². The minimum absolute atomic E-state index is 0. The topological polar surface area (TPSA) is 0 Å². The standard InChI is InChI=1S/C32H34.CH4/c1-21(2)29-18-19-30-26(7)32(27(8)31(30)20-29)25(6)17-15-23(4)22(3)14-16-24(5)28-12-10-9-11-13-28;/h9-13,15,17-20,32H,1,3,5,7-8,14,16H2,2,4,6H3;1H4/b23-15+,25-17+;. The number of benzene rings is 2. The molecule has 1 unspecified atom stereocenters. The normalized spacial score (nSPS) is 15.7. The maximum atomic E-state index is 4.41. The first-order valence-corrected chi connectivity index (χ1v) is 11.2. The Bertz CT molecular complexity index is 1160. The van der Waals surface area contributed by atoms with Gasteiger partial charge in [-0.3, -0.25) is 0 Å². The number of hydrogen-bond acceptors (Lipinski definition) is 0. The van der Waals surface area contributed by atoms with Gasteiger partial charge in [-0.15, -0.1) is 0 Å². The van der Waals surface area contributed by atoms with E-state index >= 15 is 0 Å². The molecule has 0 fully saturated rings. The molecule has 33 heavy (non-hydrogen) atoms. The summed E-state index contributed by atoms with van der Waals surface area (Å²) in [5.41, 5.74) is 12.8. The third-order valence-corrected chi connectivity index (χ3v) is 6.42. The van der Waals surface area contributed by atoms with Crippen molar-refractivity contribution in [3.05, 3.63) is 133 Å². The molecule has 0 amide bonds. The molecule has 0 radical (unpaired) electrons. The highest BCUT2D eigenvalue weighted by Gasteiger charge is 2.30. The summed E-state index contributed by atoms with van der Waals surface area (Å²) in [6.07, 6.45) is 6.18. The summed E-state index contributed by atoms with van der Waals surface area (Å²) in [6, 6.07) is 16.8. The molecule has 3 rings (SSSR count). The van der Waals surface area contributed by atoms with E-state index in [0.717, 1.165) is 46.3 Å². The fraction of sp³-hybridized carbons (Fsp3) is 0.212. The maximum absolute atomic E-state index is 4.41. The fourth-order valence-corrected chi connectivity index (χ4v) is 4.21. The van der Waals surface area contributed by atoms with Gasteiger partial charge in [0.2, 0.25) is 0 Å². The largest absolute Gasteiger partial charge is 0.0956 e. The minimum Gasteiger partial charge on any atom is -0.0956 e. The van der Waals surface area contributed by atoms with Crippen LogP contribution >= 0.6 is 0 Å². The SMILES string of the molecule is C.C=C(CCC(=C)c1ccccc1)/C(C)=C/C=C(\C)C1C(=C)c2ccc(C(=C)C)cc2C1=C. The van der Waals surface area contributed by atoms with Crippen molar-refractivity contribution in [3.63, 3.8) is 0 Å². The molecule has 0 aliphatic heterocycles. The van der Waals surface area contributed by atoms with Crippen LogP contribution in [0.1, 0.15) is 63.3 Å². The molecular formula is C33H38. The summed E-state index contributed by atoms with van der Waals surface area (Å²) in [6.45, 7) is 27.7. The van der Waals surface area contributed by atoms with E-state index in [9.17, 15) is 0 Å². The summed E-state index contributed by atoms with van der Waals surface area (Å²) < 4.78 is 0. The zero-order valence-electron chi connectivity index (χ0n) is 19.8. The van der Waals surface area contributed by atoms with Crippen molar-refractivity contribution in [2.24, 2.45) is 5.92 Å². The zero-order valence-corrected chi connectivity index (χ0v) is 19.8. The van der Waals surface area contributed by atoms with Crippen molar-refractivity contribution >= 4 is 22.3 Å². The lowest BCUT2D eigenvalue weighted by Gasteiger charge is -2.14. The highest BCUT2D eigenvalue weighted by atomic mass is 14.3. The summed E-state index contributed by atoms with van der Waals surface area (Å²) >= 11 is 0. The first-order chi connectivity index (χ1) is 15.2. The molecule has 0 saturated carbocycles. The van der Waals surface area contributed by atoms with Gasteiger partial charge in [0.05, 0.1) is 0 Å². The molecule has 170 valence electrons. The molecule has 0 N–H and O–H groups in total. The van der Waals surface area contributed by atoms with E-state index in [4.69, 9.17) is 0 Å². The van der Waals surface area contributed by atoms with Crippen molar-refractivity contribution in [2.45, 2.75) is 41.0 Å². The second-order valence-corrected chi connectivity index (χ2v) is 8.86. The van der Waals surface area contributed by atoms with Crippen molar-refractivity contribution in [1.82, 2.24) is 0 Å². The van der Waals surface area contributed by atoms with Crippen LogP contribution in [0.5, 0.6) is 0 Å². The molecule has 1 aliphatic rings. The molecule has 0 aromatic heterocycles. The van der Waals surface area contributed by atoms with E-state index in [1.54, 1.807) is 0 Å². The van der Waals surface area contributed by atoms with Gasteiger partial charge < -0.3 is 0 Å². The molecule has 0 heterocycles. The van der Waals surface area contributed by atoms with Gasteiger partial charge in [0.25, 0.3) is 0 Å². The summed E-state index contributed by atoms with van der Waals surface area (Å²) in [5.74, 6) is 0.139. The Morgan fingerprint density at radius 1 is 0.788 bits per heavy atom. The van der Waals surface area contributed by atoms with E-state index in [-0.39, 0.29) is 13.3 Å². The first kappa shape index (κ1) is 25.9. The van der Waals surface area contributed by atoms with E-state index in [2.05, 4.69) is 101 Å². The van der Waals surface area contributed by atoms with Crippen molar-refractivity contribution in [3.8, 4) is 0 Å². The molecule has 0 nitrogen and oxygen atoms in total. The Kier molecular flexibility index (Phi) is 8.60. The molecule has 0 saturated heterocycles. The highest BCUT2D eigenvalue weighted by Crippen LogP contribution is 2.47. The lowest BCUT2D eigenvalue weighted by molar-refractivity contribution is 1.00. The fourth-order valence-electron chi connectivity index (χ4n) is 4.21. The summed E-state index contributed by atoms with van der Waals surface area (Å²) in [4.78, 5) is 0. The molecule has 1 atom stereocenters. The molecule has 0 bridgehead atoms. The number of fused-ring (bicyclic) bond motifs is 1. The van der Waals surface area contributed by atoms with Crippen molar-refractivity contribution in [1.29, 1.82) is 0 Å². The monoisotopic (exact) mass is 434 g/mol. The van der Waals surface area contributed by atoms with Crippen LogP contribution in [0.15, 0.2) is 110 Å². The lowest BCUT2D eigenvalue weighted by atomic mass is 9.90. The molecule has 1 aliphatic carbocycles. The minimum atomic E-state index is 0. The molecule has 0 spiro atoms. The van der Waals surface area contributed by atoms with E-state index < -0.39 is 0 Å². The number of hydrogen-bond donors (Lipinski definition) is 0. The van der Waals surface area contributed by atoms with Crippen LogP contribution in [-0.2, 0) is 0 Å². The molecule has 0 heteroatoms. The van der Waals surface area contributed by atoms with Crippen molar-refractivity contribution in [2.75, 3.05) is 0 Å². The summed E-state index contributed by atoms with van der Waals surface area (Å²) in [5, 5.41) is 0. The second-order valence-electron chi connectivity index (χ2n) is 8.86. The van der Waals surface area contributed by atoms with Gasteiger partial charge in [0.15, 0.2) is 0 Å². The van der Waals surface area contributed by atoms with Gasteiger partial charge in [-0.1, -0.05) is 112 Å². The molecule has 2 aromatic carbocycles. The highest BCUT2D eigenvalue weighted by molar-refractivity contribution is 5.96. The van der Waals surface area contributed by atoms with Crippen LogP contribution < -0.4 is 0 Å². The Balaban J connectivity index is 0.00000385. The third-order valence-electron chi connectivity index (χ3n) is 6.42. The van der Waals surface area contributed by atoms with Crippen LogP contribution in [0.25, 0.3) is 22.3 Å². The van der Waals surface area contributed by atoms with Crippen LogP contribution in [0.3, 0.4) is 0 Å². The predicted octanol–water partition coefficient (Wildman–Crippen LogP) is 9.95. The molecular weight excluding hydrogens is 396 g/mol. The van der Waals surface area contributed by atoms with E-state index in [1.165, 1.54) is 27.8 Å². The van der Waals surface area contributed by atoms with Crippen LogP contribution in [-0.4, -0.2) is 0 Å². The Hall–Kier alpha value is -3.38. The quantitative estimate of drug-likeness (QED) is 0.363. The van der Waals surface area contributed by atoms with E-state index in [1.807, 2.05) is 13.0 Å². The third kappa shape index (κ3) is 5.71. The summed E-state index contributed by atoms with van der Waals surface area (Å²) in [7, 11) is 0. The van der Waals surface area contributed by atoms with Gasteiger partial charge in [-0.25, -0.2) is 0 Å². The first-order valence-electron chi connectivity index (χ1n) is 11.2. The Morgan fingerprint density at radius 3 is 2.06 bits per heavy atom. The van der Waals surface area contributed by atoms with Gasteiger partial charge >= 0.3 is 0 Å². The lowest BCUT2D eigenvalue weighted by Crippen LogP contribution is -1.98. The maximum Gasteiger partial charge on any atom is 0.0299 e. The second kappa shape index (κ2) is 11.0. The van der Waals surface area contributed by atoms with E-state index in [0.29, 0.717) is 0 Å². The average molecular weight is 435 g/mol. The molecule has 2 aromatic rings. The number of allylic oxidation sites excluding steroid dienone is 9. The van der Waals surface area contributed by atoms with Gasteiger partial charge in [-0.2, -0.15) is 0 Å². The van der Waals surface area contributed by atoms with Gasteiger partial charge in [0, 0.05) is 5.92 Å². The average Bonchev–Trinajstić information content (AvgIpc) is 3.05. The van der Waals surface area contributed by atoms with Crippen LogP contribution in [0, 0.1) is 5.92 Å². The zero-order chi connectivity index (χ0) is 23.4. The Labute approximate surface area is 201 Å². The Morgan fingerprint density at radius 2 is 1.42 bits per heavy atom. The van der Waals surface area contributed by atoms with Crippen LogP contribution in [0.2, 0.25) is 0 Å². The number of rotatable bonds is 8. The smallest absolute Gasteiger partial charge is 0.0299 e. The van der Waals surface area contributed by atoms with Crippen molar-refractivity contribution < 1.29 is 0 Å². The van der Waals surface area contributed by atoms with Gasteiger partial charge in [-0.05, 0) is 84.2 Å².